The number of benzene rings is 1. The quantitative estimate of drug-likeness (QED) is 0.632. The van der Waals surface area contributed by atoms with Crippen LogP contribution in [0.3, 0.4) is 0 Å². The van der Waals surface area contributed by atoms with Gasteiger partial charge in [0.2, 0.25) is 11.6 Å². The van der Waals surface area contributed by atoms with Gasteiger partial charge in [0.25, 0.3) is 5.91 Å². The number of likely N-dealkylation sites (tertiary alicyclic amines) is 1. The molecule has 2 heterocycles. The third-order valence-electron chi connectivity index (χ3n) is 4.65. The molecule has 1 aromatic heterocycles. The van der Waals surface area contributed by atoms with E-state index in [0.29, 0.717) is 67.4 Å². The fourth-order valence-corrected chi connectivity index (χ4v) is 3.14. The highest BCUT2D eigenvalue weighted by Crippen LogP contribution is 2.40. The molecule has 0 atom stereocenters. The maximum Gasteiger partial charge on any atom is 0.254 e. The van der Waals surface area contributed by atoms with Gasteiger partial charge in [-0.3, -0.25) is 4.79 Å². The molecule has 29 heavy (non-hydrogen) atoms. The lowest BCUT2D eigenvalue weighted by atomic mass is 9.98. The van der Waals surface area contributed by atoms with Crippen LogP contribution in [0.15, 0.2) is 16.7 Å². The number of amides is 1. The third kappa shape index (κ3) is 4.46. The number of aromatic nitrogens is 2. The molecular formula is C21H29N3O5. The lowest BCUT2D eigenvalue weighted by molar-refractivity contribution is 0.0568. The van der Waals surface area contributed by atoms with Crippen LogP contribution in [-0.2, 0) is 0 Å². The lowest BCUT2D eigenvalue weighted by Crippen LogP contribution is -2.48. The van der Waals surface area contributed by atoms with Crippen molar-refractivity contribution >= 4 is 5.91 Å². The molecule has 0 spiro atoms. The zero-order valence-corrected chi connectivity index (χ0v) is 17.7. The van der Waals surface area contributed by atoms with E-state index in [1.54, 1.807) is 17.0 Å². The van der Waals surface area contributed by atoms with E-state index >= 15 is 0 Å². The van der Waals surface area contributed by atoms with Gasteiger partial charge >= 0.3 is 0 Å². The van der Waals surface area contributed by atoms with E-state index in [1.165, 1.54) is 0 Å². The van der Waals surface area contributed by atoms with E-state index in [-0.39, 0.29) is 17.7 Å². The summed E-state index contributed by atoms with van der Waals surface area (Å²) in [5.74, 6) is 3.03. The number of hydrogen-bond acceptors (Lipinski definition) is 7. The zero-order valence-electron chi connectivity index (χ0n) is 17.7. The van der Waals surface area contributed by atoms with Gasteiger partial charge in [0.05, 0.1) is 25.7 Å². The molecule has 8 heteroatoms. The van der Waals surface area contributed by atoms with Crippen LogP contribution >= 0.6 is 0 Å². The standard InChI is InChI=1S/C21H29N3O5/c1-6-26-16-9-14(10-17(27-7-2)18(16)28-8-3)21(25)24-11-15(12-24)20-22-19(13(4)5)23-29-20/h9-10,13,15H,6-8,11-12H2,1-5H3. The van der Waals surface area contributed by atoms with Crippen molar-refractivity contribution in [1.82, 2.24) is 15.0 Å². The number of carbonyl (C=O) groups excluding carboxylic acids is 1. The Morgan fingerprint density at radius 3 is 2.17 bits per heavy atom. The predicted molar refractivity (Wildman–Crippen MR) is 107 cm³/mol. The highest BCUT2D eigenvalue weighted by atomic mass is 16.5. The largest absolute Gasteiger partial charge is 0.490 e. The molecule has 158 valence electrons. The second-order valence-electron chi connectivity index (χ2n) is 7.15. The maximum absolute atomic E-state index is 13.0. The van der Waals surface area contributed by atoms with E-state index in [4.69, 9.17) is 18.7 Å². The summed E-state index contributed by atoms with van der Waals surface area (Å²) in [6.45, 7) is 12.2. The van der Waals surface area contributed by atoms with Gasteiger partial charge in [-0.1, -0.05) is 19.0 Å². The highest BCUT2D eigenvalue weighted by Gasteiger charge is 2.36. The van der Waals surface area contributed by atoms with Crippen LogP contribution in [0.25, 0.3) is 0 Å². The SMILES string of the molecule is CCOc1cc(C(=O)N2CC(c3nc(C(C)C)no3)C2)cc(OCC)c1OCC. The molecule has 0 bridgehead atoms. The molecule has 0 aliphatic carbocycles. The van der Waals surface area contributed by atoms with Gasteiger partial charge in [-0.05, 0) is 32.9 Å². The van der Waals surface area contributed by atoms with E-state index in [9.17, 15) is 4.79 Å². The molecule has 1 aromatic carbocycles. The molecule has 3 rings (SSSR count). The Labute approximate surface area is 171 Å². The Hall–Kier alpha value is -2.77. The Morgan fingerprint density at radius 2 is 1.69 bits per heavy atom. The van der Waals surface area contributed by atoms with Crippen molar-refractivity contribution in [3.63, 3.8) is 0 Å². The average molecular weight is 403 g/mol. The molecule has 0 unspecified atom stereocenters. The summed E-state index contributed by atoms with van der Waals surface area (Å²) in [7, 11) is 0. The molecule has 2 aromatic rings. The predicted octanol–water partition coefficient (Wildman–Crippen LogP) is 3.63. The van der Waals surface area contributed by atoms with Gasteiger partial charge in [-0.2, -0.15) is 4.98 Å². The van der Waals surface area contributed by atoms with Crippen LogP contribution in [0.5, 0.6) is 17.2 Å². The normalized spacial score (nSPS) is 14.1. The van der Waals surface area contributed by atoms with Gasteiger partial charge in [-0.15, -0.1) is 0 Å². The Bertz CT molecular complexity index is 816. The van der Waals surface area contributed by atoms with Crippen molar-refractivity contribution in [3.05, 3.63) is 29.4 Å². The summed E-state index contributed by atoms with van der Waals surface area (Å²) in [5, 5.41) is 4.00. The fourth-order valence-electron chi connectivity index (χ4n) is 3.14. The highest BCUT2D eigenvalue weighted by molar-refractivity contribution is 5.96. The first kappa shape index (κ1) is 21.0. The Kier molecular flexibility index (Phi) is 6.61. The lowest BCUT2D eigenvalue weighted by Gasteiger charge is -2.37. The molecule has 1 saturated heterocycles. The van der Waals surface area contributed by atoms with Crippen molar-refractivity contribution in [3.8, 4) is 17.2 Å². The van der Waals surface area contributed by atoms with Crippen molar-refractivity contribution in [2.24, 2.45) is 0 Å². The van der Waals surface area contributed by atoms with Crippen LogP contribution in [0, 0.1) is 0 Å². The zero-order chi connectivity index (χ0) is 21.0. The van der Waals surface area contributed by atoms with Crippen LogP contribution in [0.2, 0.25) is 0 Å². The van der Waals surface area contributed by atoms with Crippen molar-refractivity contribution in [2.75, 3.05) is 32.9 Å². The van der Waals surface area contributed by atoms with Gasteiger partial charge in [0.15, 0.2) is 17.3 Å². The topological polar surface area (TPSA) is 86.9 Å². The minimum Gasteiger partial charge on any atom is -0.490 e. The summed E-state index contributed by atoms with van der Waals surface area (Å²) < 4.78 is 22.5. The summed E-state index contributed by atoms with van der Waals surface area (Å²) in [4.78, 5) is 19.2. The van der Waals surface area contributed by atoms with E-state index < -0.39 is 0 Å². The van der Waals surface area contributed by atoms with Gasteiger partial charge in [0.1, 0.15) is 0 Å². The number of rotatable bonds is 9. The van der Waals surface area contributed by atoms with E-state index in [1.807, 2.05) is 34.6 Å². The number of hydrogen-bond donors (Lipinski definition) is 0. The van der Waals surface area contributed by atoms with Crippen molar-refractivity contribution < 1.29 is 23.5 Å². The van der Waals surface area contributed by atoms with Crippen LogP contribution in [0.4, 0.5) is 0 Å². The second-order valence-corrected chi connectivity index (χ2v) is 7.15. The number of carbonyl (C=O) groups is 1. The first-order valence-corrected chi connectivity index (χ1v) is 10.2. The first-order valence-electron chi connectivity index (χ1n) is 10.2. The molecule has 0 saturated carbocycles. The van der Waals surface area contributed by atoms with Crippen LogP contribution < -0.4 is 14.2 Å². The van der Waals surface area contributed by atoms with E-state index in [0.717, 1.165) is 0 Å². The summed E-state index contributed by atoms with van der Waals surface area (Å²) in [6.07, 6.45) is 0. The Morgan fingerprint density at radius 1 is 1.10 bits per heavy atom. The number of nitrogens with zero attached hydrogens (tertiary/aromatic N) is 3. The second kappa shape index (κ2) is 9.15. The van der Waals surface area contributed by atoms with Gasteiger partial charge in [0, 0.05) is 24.6 Å². The summed E-state index contributed by atoms with van der Waals surface area (Å²) in [5.41, 5.74) is 0.507. The molecule has 1 aliphatic heterocycles. The molecule has 1 aliphatic rings. The van der Waals surface area contributed by atoms with Gasteiger partial charge < -0.3 is 23.6 Å². The van der Waals surface area contributed by atoms with E-state index in [2.05, 4.69) is 10.1 Å². The average Bonchev–Trinajstić information content (AvgIpc) is 3.13. The fraction of sp³-hybridized carbons (Fsp3) is 0.571. The minimum atomic E-state index is -0.0881. The van der Waals surface area contributed by atoms with Crippen molar-refractivity contribution in [1.29, 1.82) is 0 Å². The monoisotopic (exact) mass is 403 g/mol. The van der Waals surface area contributed by atoms with Crippen LogP contribution in [-0.4, -0.2) is 53.9 Å². The molecule has 8 nitrogen and oxygen atoms in total. The first-order chi connectivity index (χ1) is 14.0. The van der Waals surface area contributed by atoms with Crippen molar-refractivity contribution in [2.45, 2.75) is 46.5 Å². The summed E-state index contributed by atoms with van der Waals surface area (Å²) >= 11 is 0. The molecule has 0 N–H and O–H groups in total. The van der Waals surface area contributed by atoms with Crippen LogP contribution in [0.1, 0.15) is 68.5 Å². The molecule has 1 fully saturated rings. The smallest absolute Gasteiger partial charge is 0.254 e. The maximum atomic E-state index is 13.0. The molecular weight excluding hydrogens is 374 g/mol. The molecule has 0 radical (unpaired) electrons. The summed E-state index contributed by atoms with van der Waals surface area (Å²) in [6, 6.07) is 3.44. The molecule has 1 amide bonds. The number of ether oxygens (including phenoxy) is 3. The third-order valence-corrected chi connectivity index (χ3v) is 4.65. The van der Waals surface area contributed by atoms with Gasteiger partial charge in [-0.25, -0.2) is 0 Å². The minimum absolute atomic E-state index is 0.0689. The Balaban J connectivity index is 1.76.